The van der Waals surface area contributed by atoms with Gasteiger partial charge in [-0.15, -0.1) is 0 Å². The third kappa shape index (κ3) is 7.60. The summed E-state index contributed by atoms with van der Waals surface area (Å²) in [6.07, 6.45) is 4.71. The van der Waals surface area contributed by atoms with Gasteiger partial charge in [-0.1, -0.05) is 63.0 Å². The summed E-state index contributed by atoms with van der Waals surface area (Å²) in [5, 5.41) is 9.40. The number of rotatable bonds is 9. The van der Waals surface area contributed by atoms with Crippen molar-refractivity contribution in [3.63, 3.8) is 0 Å². The molecule has 214 valence electrons. The Morgan fingerprint density at radius 2 is 1.59 bits per heavy atom. The quantitative estimate of drug-likeness (QED) is 0.235. The number of nitrogens with zero attached hydrogens (tertiary/aromatic N) is 3. The van der Waals surface area contributed by atoms with E-state index < -0.39 is 14.3 Å². The Morgan fingerprint density at radius 3 is 2.08 bits per heavy atom. The number of carboxylic acids is 1. The van der Waals surface area contributed by atoms with Crippen molar-refractivity contribution in [3.05, 3.63) is 52.0 Å². The number of carboxylic acid groups (broad SMARTS) is 1. The van der Waals surface area contributed by atoms with Gasteiger partial charge in [-0.2, -0.15) is 0 Å². The van der Waals surface area contributed by atoms with E-state index in [4.69, 9.17) is 27.6 Å². The number of carbonyl (C=O) groups is 2. The average Bonchev–Trinajstić information content (AvgIpc) is 2.86. The molecule has 2 aromatic rings. The van der Waals surface area contributed by atoms with Crippen LogP contribution in [-0.2, 0) is 9.22 Å². The number of hydrogen-bond acceptors (Lipinski definition) is 5. The molecule has 0 aliphatic heterocycles. The second kappa shape index (κ2) is 12.7. The van der Waals surface area contributed by atoms with Crippen molar-refractivity contribution in [2.75, 3.05) is 11.4 Å². The maximum absolute atomic E-state index is 13.8. The average molecular weight is 595 g/mol. The molecular weight excluding hydrogens is 553 g/mol. The van der Waals surface area contributed by atoms with Gasteiger partial charge in [0.05, 0.1) is 18.6 Å². The second-order valence-electron chi connectivity index (χ2n) is 12.3. The molecule has 39 heavy (non-hydrogen) atoms. The summed E-state index contributed by atoms with van der Waals surface area (Å²) >= 11 is 12.6. The summed E-state index contributed by atoms with van der Waals surface area (Å²) in [5.74, 6) is -0.830. The largest absolute Gasteiger partial charge is 0.481 e. The van der Waals surface area contributed by atoms with E-state index in [1.165, 1.54) is 11.9 Å². The number of anilines is 1. The molecule has 2 atom stereocenters. The summed E-state index contributed by atoms with van der Waals surface area (Å²) in [7, 11) is -2.08. The van der Waals surface area contributed by atoms with Gasteiger partial charge in [-0.05, 0) is 80.3 Å². The summed E-state index contributed by atoms with van der Waals surface area (Å²) in [4.78, 5) is 34.8. The highest BCUT2D eigenvalue weighted by atomic mass is 35.5. The molecule has 1 fully saturated rings. The zero-order valence-corrected chi connectivity index (χ0v) is 26.5. The van der Waals surface area contributed by atoms with Crippen LogP contribution in [0.4, 0.5) is 5.69 Å². The lowest BCUT2D eigenvalue weighted by Gasteiger charge is -2.39. The van der Waals surface area contributed by atoms with E-state index in [0.29, 0.717) is 18.2 Å². The lowest BCUT2D eigenvalue weighted by atomic mass is 9.74. The molecule has 3 rings (SSSR count). The van der Waals surface area contributed by atoms with Crippen molar-refractivity contribution in [2.45, 2.75) is 90.5 Å². The predicted molar refractivity (Wildman–Crippen MR) is 159 cm³/mol. The van der Waals surface area contributed by atoms with E-state index in [9.17, 15) is 14.7 Å². The minimum atomic E-state index is -2.08. The third-order valence-corrected chi connectivity index (χ3v) is 13.7. The summed E-state index contributed by atoms with van der Waals surface area (Å²) in [5.41, 5.74) is 1.96. The second-order valence-corrected chi connectivity index (χ2v) is 17.7. The fourth-order valence-electron chi connectivity index (χ4n) is 5.02. The highest BCUT2D eigenvalue weighted by Gasteiger charge is 2.39. The number of halogens is 2. The van der Waals surface area contributed by atoms with Crippen molar-refractivity contribution in [1.82, 2.24) is 9.97 Å². The number of amides is 1. The fraction of sp³-hybridized carbons (Fsp3) is 0.586. The molecule has 1 amide bonds. The van der Waals surface area contributed by atoms with Crippen LogP contribution in [0.2, 0.25) is 28.4 Å². The van der Waals surface area contributed by atoms with Crippen LogP contribution in [-0.4, -0.2) is 47.9 Å². The van der Waals surface area contributed by atoms with Crippen molar-refractivity contribution < 1.29 is 19.1 Å². The Kier molecular flexibility index (Phi) is 10.2. The molecule has 1 aliphatic rings. The van der Waals surface area contributed by atoms with Gasteiger partial charge in [0.25, 0.3) is 5.91 Å². The SMILES string of the molecule is CC(C(=O)O)[C@H]1CC[C@H](c2ccc(N(C[C@@H](C)O[Si](C)(C)C(C)(C)C)C(=O)c3c(Cl)ncnc3Cl)cc2)CC1. The van der Waals surface area contributed by atoms with Crippen molar-refractivity contribution >= 4 is 49.1 Å². The highest BCUT2D eigenvalue weighted by molar-refractivity contribution is 6.74. The van der Waals surface area contributed by atoms with Gasteiger partial charge in [0.15, 0.2) is 8.32 Å². The van der Waals surface area contributed by atoms with Gasteiger partial charge < -0.3 is 14.4 Å². The minimum absolute atomic E-state index is 0.00642. The first-order valence-electron chi connectivity index (χ1n) is 13.6. The Bertz CT molecular complexity index is 1140. The number of hydrogen-bond donors (Lipinski definition) is 1. The zero-order chi connectivity index (χ0) is 29.1. The van der Waals surface area contributed by atoms with Gasteiger partial charge >= 0.3 is 5.97 Å². The first kappa shape index (κ1) is 31.5. The molecule has 0 radical (unpaired) electrons. The Balaban J connectivity index is 1.85. The predicted octanol–water partition coefficient (Wildman–Crippen LogP) is 7.84. The van der Waals surface area contributed by atoms with Gasteiger partial charge in [0, 0.05) is 5.69 Å². The van der Waals surface area contributed by atoms with Crippen LogP contribution < -0.4 is 4.90 Å². The number of aliphatic carboxylic acids is 1. The Labute approximate surface area is 243 Å². The van der Waals surface area contributed by atoms with Crippen molar-refractivity contribution in [2.24, 2.45) is 11.8 Å². The number of benzene rings is 1. The first-order valence-corrected chi connectivity index (χ1v) is 17.3. The molecule has 0 bridgehead atoms. The van der Waals surface area contributed by atoms with Gasteiger partial charge in [0.2, 0.25) is 0 Å². The molecule has 0 spiro atoms. The highest BCUT2D eigenvalue weighted by Crippen LogP contribution is 2.40. The van der Waals surface area contributed by atoms with E-state index in [1.807, 2.05) is 19.1 Å². The molecule has 1 aliphatic carbocycles. The molecule has 10 heteroatoms. The van der Waals surface area contributed by atoms with Crippen LogP contribution in [0.15, 0.2) is 30.6 Å². The third-order valence-electron chi connectivity index (χ3n) is 8.50. The number of aromatic nitrogens is 2. The Hall–Kier alpha value is -2.00. The molecule has 0 saturated heterocycles. The van der Waals surface area contributed by atoms with E-state index in [0.717, 1.165) is 25.7 Å². The normalized spacial score (nSPS) is 19.8. The van der Waals surface area contributed by atoms with Crippen LogP contribution in [0.5, 0.6) is 0 Å². The van der Waals surface area contributed by atoms with Crippen molar-refractivity contribution in [3.8, 4) is 0 Å². The molecule has 1 unspecified atom stereocenters. The first-order chi connectivity index (χ1) is 18.1. The van der Waals surface area contributed by atoms with E-state index in [-0.39, 0.29) is 44.8 Å². The van der Waals surface area contributed by atoms with Gasteiger partial charge in [-0.25, -0.2) is 9.97 Å². The van der Waals surface area contributed by atoms with Crippen LogP contribution in [0.3, 0.4) is 0 Å². The zero-order valence-electron chi connectivity index (χ0n) is 24.0. The molecule has 7 nitrogen and oxygen atoms in total. The Morgan fingerprint density at radius 1 is 1.05 bits per heavy atom. The number of carbonyl (C=O) groups excluding carboxylic acids is 1. The van der Waals surface area contributed by atoms with Crippen LogP contribution >= 0.6 is 23.2 Å². The van der Waals surface area contributed by atoms with E-state index in [1.54, 1.807) is 11.8 Å². The standard InChI is InChI=1S/C29H41Cl2N3O4Si/c1-18(38-39(6,7)29(3,4)5)16-34(27(35)24-25(30)32-17-33-26(24)31)23-14-12-22(13-15-23)21-10-8-20(9-11-21)19(2)28(36)37/h12-15,17-21H,8-11,16H2,1-7H3,(H,36,37)/t18-,19?,20-,21-/m1/s1. The van der Waals surface area contributed by atoms with Gasteiger partial charge in [0.1, 0.15) is 22.2 Å². The molecule has 1 heterocycles. The fourth-order valence-corrected chi connectivity index (χ4v) is 6.93. The smallest absolute Gasteiger partial charge is 0.306 e. The summed E-state index contributed by atoms with van der Waals surface area (Å²) < 4.78 is 6.57. The monoisotopic (exact) mass is 593 g/mol. The topological polar surface area (TPSA) is 92.6 Å². The molecule has 1 aromatic heterocycles. The molecule has 1 saturated carbocycles. The van der Waals surface area contributed by atoms with Crippen molar-refractivity contribution in [1.29, 1.82) is 0 Å². The van der Waals surface area contributed by atoms with E-state index >= 15 is 0 Å². The van der Waals surface area contributed by atoms with Gasteiger partial charge in [-0.3, -0.25) is 9.59 Å². The molecular formula is C29H41Cl2N3O4Si. The molecule has 1 N–H and O–H groups in total. The van der Waals surface area contributed by atoms with Crippen LogP contribution in [0, 0.1) is 11.8 Å². The summed E-state index contributed by atoms with van der Waals surface area (Å²) in [6.45, 7) is 15.0. The lowest BCUT2D eigenvalue weighted by Crippen LogP contribution is -2.47. The maximum atomic E-state index is 13.8. The van der Waals surface area contributed by atoms with Crippen LogP contribution in [0.1, 0.15) is 82.1 Å². The maximum Gasteiger partial charge on any atom is 0.306 e. The molecule has 1 aromatic carbocycles. The lowest BCUT2D eigenvalue weighted by molar-refractivity contribution is -0.143. The van der Waals surface area contributed by atoms with E-state index in [2.05, 4.69) is 56.0 Å². The van der Waals surface area contributed by atoms with Crippen LogP contribution in [0.25, 0.3) is 0 Å². The summed E-state index contributed by atoms with van der Waals surface area (Å²) in [6, 6.07) is 8.02. The minimum Gasteiger partial charge on any atom is -0.481 e.